The van der Waals surface area contributed by atoms with E-state index in [0.29, 0.717) is 24.5 Å². The van der Waals surface area contributed by atoms with E-state index in [-0.39, 0.29) is 6.04 Å². The Kier molecular flexibility index (Phi) is 4.81. The van der Waals surface area contributed by atoms with Crippen molar-refractivity contribution in [3.63, 3.8) is 0 Å². The monoisotopic (exact) mass is 293 g/mol. The van der Waals surface area contributed by atoms with Crippen LogP contribution in [0.15, 0.2) is 24.5 Å². The summed E-state index contributed by atoms with van der Waals surface area (Å²) in [4.78, 5) is 15.2. The first-order valence-electron chi connectivity index (χ1n) is 6.54. The normalized spacial score (nSPS) is 12.0. The van der Waals surface area contributed by atoms with Gasteiger partial charge in [0.05, 0.1) is 31.2 Å². The van der Waals surface area contributed by atoms with Gasteiger partial charge in [-0.2, -0.15) is 0 Å². The summed E-state index contributed by atoms with van der Waals surface area (Å²) in [5.74, 6) is -0.404. The third-order valence-electron chi connectivity index (χ3n) is 2.63. The zero-order chi connectivity index (χ0) is 15.2. The van der Waals surface area contributed by atoms with Gasteiger partial charge in [0.15, 0.2) is 0 Å². The van der Waals surface area contributed by atoms with Gasteiger partial charge in [-0.05, 0) is 26.0 Å². The van der Waals surface area contributed by atoms with Gasteiger partial charge in [-0.3, -0.25) is 4.98 Å². The van der Waals surface area contributed by atoms with Crippen LogP contribution in [0.2, 0.25) is 0 Å². The molecule has 0 aliphatic rings. The number of pyridine rings is 1. The van der Waals surface area contributed by atoms with E-state index in [1.54, 1.807) is 17.8 Å². The third-order valence-corrected chi connectivity index (χ3v) is 2.63. The summed E-state index contributed by atoms with van der Waals surface area (Å²) < 4.78 is 19.2. The highest BCUT2D eigenvalue weighted by atomic mass is 19.1. The molecule has 1 atom stereocenters. The Bertz CT molecular complexity index is 599. The first kappa shape index (κ1) is 14.9. The molecular formula is C13H16FN5O2. The van der Waals surface area contributed by atoms with Crippen molar-refractivity contribution in [1.82, 2.24) is 25.3 Å². The largest absolute Gasteiger partial charge is 0.450 e. The minimum atomic E-state index is -0.467. The molecule has 0 spiro atoms. The second-order valence-corrected chi connectivity index (χ2v) is 4.45. The Morgan fingerprint density at radius 1 is 1.48 bits per heavy atom. The van der Waals surface area contributed by atoms with Gasteiger partial charge < -0.3 is 10.1 Å². The molecule has 0 saturated carbocycles. The molecule has 7 nitrogen and oxygen atoms in total. The molecule has 0 fully saturated rings. The molecule has 0 bridgehead atoms. The second kappa shape index (κ2) is 6.78. The predicted molar refractivity (Wildman–Crippen MR) is 72.8 cm³/mol. The topological polar surface area (TPSA) is 81.9 Å². The summed E-state index contributed by atoms with van der Waals surface area (Å²) in [6.45, 7) is 4.33. The highest BCUT2D eigenvalue weighted by Gasteiger charge is 2.11. The number of hydrogen-bond acceptors (Lipinski definition) is 5. The summed E-state index contributed by atoms with van der Waals surface area (Å²) in [5.41, 5.74) is 1.08. The van der Waals surface area contributed by atoms with Crippen LogP contribution in [0.25, 0.3) is 11.4 Å². The van der Waals surface area contributed by atoms with Crippen molar-refractivity contribution in [3.05, 3.63) is 30.3 Å². The average Bonchev–Trinajstić information content (AvgIpc) is 2.88. The maximum Gasteiger partial charge on any atom is 0.407 e. The molecule has 0 aliphatic carbocycles. The molecule has 1 amide bonds. The fourth-order valence-corrected chi connectivity index (χ4v) is 1.73. The van der Waals surface area contributed by atoms with E-state index in [0.717, 1.165) is 6.20 Å². The van der Waals surface area contributed by atoms with Crippen molar-refractivity contribution in [1.29, 1.82) is 0 Å². The number of alkyl carbamates (subject to hydrolysis) is 1. The van der Waals surface area contributed by atoms with Crippen molar-refractivity contribution < 1.29 is 13.9 Å². The van der Waals surface area contributed by atoms with Gasteiger partial charge in [0.1, 0.15) is 11.5 Å². The summed E-state index contributed by atoms with van der Waals surface area (Å²) in [5, 5.41) is 10.6. The van der Waals surface area contributed by atoms with E-state index >= 15 is 0 Å². The van der Waals surface area contributed by atoms with E-state index in [1.165, 1.54) is 12.1 Å². The molecule has 0 aromatic carbocycles. The van der Waals surface area contributed by atoms with E-state index in [9.17, 15) is 9.18 Å². The first-order chi connectivity index (χ1) is 10.1. The fourth-order valence-electron chi connectivity index (χ4n) is 1.73. The van der Waals surface area contributed by atoms with Crippen LogP contribution in [0.3, 0.4) is 0 Å². The average molecular weight is 293 g/mol. The van der Waals surface area contributed by atoms with Gasteiger partial charge >= 0.3 is 6.09 Å². The fraction of sp³-hybridized carbons (Fsp3) is 0.385. The highest BCUT2D eigenvalue weighted by molar-refractivity contribution is 5.67. The first-order valence-corrected chi connectivity index (χ1v) is 6.54. The predicted octanol–water partition coefficient (Wildman–Crippen LogP) is 1.61. The molecule has 21 heavy (non-hydrogen) atoms. The van der Waals surface area contributed by atoms with E-state index < -0.39 is 11.9 Å². The number of ether oxygens (including phenoxy) is 1. The third kappa shape index (κ3) is 4.23. The van der Waals surface area contributed by atoms with Crippen molar-refractivity contribution >= 4 is 6.09 Å². The number of halogens is 1. The van der Waals surface area contributed by atoms with Crippen LogP contribution in [-0.2, 0) is 11.3 Å². The summed E-state index contributed by atoms with van der Waals surface area (Å²) in [7, 11) is 0. The summed E-state index contributed by atoms with van der Waals surface area (Å²) in [6, 6.07) is 2.68. The molecule has 112 valence electrons. The van der Waals surface area contributed by atoms with Crippen molar-refractivity contribution in [2.45, 2.75) is 26.4 Å². The zero-order valence-electron chi connectivity index (χ0n) is 11.8. The van der Waals surface area contributed by atoms with Crippen LogP contribution < -0.4 is 5.32 Å². The van der Waals surface area contributed by atoms with Gasteiger partial charge in [-0.15, -0.1) is 5.10 Å². The SMILES string of the molecule is CCOC(=O)N[C@@H](C)Cn1cc(-c2ccc(F)cn2)nn1. The Morgan fingerprint density at radius 3 is 2.95 bits per heavy atom. The number of nitrogens with zero attached hydrogens (tertiary/aromatic N) is 4. The smallest absolute Gasteiger partial charge is 0.407 e. The van der Waals surface area contributed by atoms with Crippen LogP contribution in [0, 0.1) is 5.82 Å². The molecule has 2 aromatic rings. The number of aromatic nitrogens is 4. The van der Waals surface area contributed by atoms with Crippen LogP contribution in [0.1, 0.15) is 13.8 Å². The Labute approximate surface area is 121 Å². The molecule has 2 aromatic heterocycles. The number of amides is 1. The number of rotatable bonds is 5. The lowest BCUT2D eigenvalue weighted by Gasteiger charge is -2.12. The van der Waals surface area contributed by atoms with Gasteiger partial charge in [-0.1, -0.05) is 5.21 Å². The Balaban J connectivity index is 1.96. The van der Waals surface area contributed by atoms with Crippen molar-refractivity contribution in [2.24, 2.45) is 0 Å². The lowest BCUT2D eigenvalue weighted by molar-refractivity contribution is 0.147. The minimum absolute atomic E-state index is 0.167. The Morgan fingerprint density at radius 2 is 2.29 bits per heavy atom. The molecule has 0 radical (unpaired) electrons. The molecule has 8 heteroatoms. The number of nitrogens with one attached hydrogen (secondary N) is 1. The molecule has 2 rings (SSSR count). The number of carbonyl (C=O) groups excluding carboxylic acids is 1. The molecule has 1 N–H and O–H groups in total. The number of carbonyl (C=O) groups is 1. The molecule has 0 unspecified atom stereocenters. The maximum absolute atomic E-state index is 12.8. The van der Waals surface area contributed by atoms with Gasteiger partial charge in [0.25, 0.3) is 0 Å². The zero-order valence-corrected chi connectivity index (χ0v) is 11.8. The molecular weight excluding hydrogens is 277 g/mol. The highest BCUT2D eigenvalue weighted by Crippen LogP contribution is 2.12. The summed E-state index contributed by atoms with van der Waals surface area (Å²) in [6.07, 6.45) is 2.34. The van der Waals surface area contributed by atoms with Gasteiger partial charge in [0, 0.05) is 6.04 Å². The molecule has 0 saturated heterocycles. The van der Waals surface area contributed by atoms with Crippen LogP contribution in [0.5, 0.6) is 0 Å². The van der Waals surface area contributed by atoms with Crippen molar-refractivity contribution in [3.8, 4) is 11.4 Å². The van der Waals surface area contributed by atoms with E-state index in [1.807, 2.05) is 6.92 Å². The lowest BCUT2D eigenvalue weighted by Crippen LogP contribution is -2.36. The quantitative estimate of drug-likeness (QED) is 0.905. The minimum Gasteiger partial charge on any atom is -0.450 e. The standard InChI is InChI=1S/C13H16FN5O2/c1-3-21-13(20)16-9(2)7-19-8-12(17-18-19)11-5-4-10(14)6-15-11/h4-6,8-9H,3,7H2,1-2H3,(H,16,20)/t9-/m0/s1. The van der Waals surface area contributed by atoms with Crippen LogP contribution >= 0.6 is 0 Å². The lowest BCUT2D eigenvalue weighted by atomic mass is 10.3. The molecule has 0 aliphatic heterocycles. The van der Waals surface area contributed by atoms with Gasteiger partial charge in [0.2, 0.25) is 0 Å². The van der Waals surface area contributed by atoms with E-state index in [4.69, 9.17) is 4.74 Å². The summed E-state index contributed by atoms with van der Waals surface area (Å²) >= 11 is 0. The van der Waals surface area contributed by atoms with Crippen LogP contribution in [-0.4, -0.2) is 38.7 Å². The van der Waals surface area contributed by atoms with Crippen LogP contribution in [0.4, 0.5) is 9.18 Å². The van der Waals surface area contributed by atoms with E-state index in [2.05, 4.69) is 20.6 Å². The van der Waals surface area contributed by atoms with Gasteiger partial charge in [-0.25, -0.2) is 13.9 Å². The maximum atomic E-state index is 12.8. The Hall–Kier alpha value is -2.51. The second-order valence-electron chi connectivity index (χ2n) is 4.45. The van der Waals surface area contributed by atoms with Crippen molar-refractivity contribution in [2.75, 3.05) is 6.61 Å². The number of hydrogen-bond donors (Lipinski definition) is 1. The molecule has 2 heterocycles.